The Kier molecular flexibility index (Phi) is 8.79. The molecule has 1 atom stereocenters. The molecule has 0 bridgehead atoms. The van der Waals surface area contributed by atoms with Crippen molar-refractivity contribution >= 4 is 5.91 Å². The summed E-state index contributed by atoms with van der Waals surface area (Å²) in [5.74, 6) is 0.530. The molecule has 0 aliphatic rings. The lowest BCUT2D eigenvalue weighted by Gasteiger charge is -2.27. The summed E-state index contributed by atoms with van der Waals surface area (Å²) in [5, 5.41) is 23.5. The molecular weight excluding hydrogens is 306 g/mol. The Labute approximate surface area is 145 Å². The van der Waals surface area contributed by atoms with Gasteiger partial charge in [-0.1, -0.05) is 38.8 Å². The van der Waals surface area contributed by atoms with Crippen LogP contribution in [0.25, 0.3) is 0 Å². The minimum atomic E-state index is -0.802. The Morgan fingerprint density at radius 1 is 1.29 bits per heavy atom. The predicted octanol–water partition coefficient (Wildman–Crippen LogP) is 2.96. The van der Waals surface area contributed by atoms with Crippen molar-refractivity contribution in [2.45, 2.75) is 64.6 Å². The maximum Gasteiger partial charge on any atom is 0.216 e. The summed E-state index contributed by atoms with van der Waals surface area (Å²) in [6.45, 7) is 6.22. The van der Waals surface area contributed by atoms with Crippen molar-refractivity contribution in [2.24, 2.45) is 0 Å². The molecule has 1 unspecified atom stereocenters. The van der Waals surface area contributed by atoms with Gasteiger partial charge in [-0.2, -0.15) is 0 Å². The monoisotopic (exact) mass is 337 g/mol. The molecule has 5 nitrogen and oxygen atoms in total. The molecule has 0 aromatic heterocycles. The van der Waals surface area contributed by atoms with Crippen LogP contribution in [0.4, 0.5) is 0 Å². The largest absolute Gasteiger partial charge is 0.491 e. The predicted molar refractivity (Wildman–Crippen MR) is 95.0 cm³/mol. The summed E-state index contributed by atoms with van der Waals surface area (Å²) in [4.78, 5) is 10.9. The summed E-state index contributed by atoms with van der Waals surface area (Å²) < 4.78 is 5.78. The summed E-state index contributed by atoms with van der Waals surface area (Å²) in [7, 11) is 0. The van der Waals surface area contributed by atoms with E-state index < -0.39 is 11.7 Å². The van der Waals surface area contributed by atoms with Gasteiger partial charge in [0.15, 0.2) is 0 Å². The average Bonchev–Trinajstić information content (AvgIpc) is 2.53. The fourth-order valence-electron chi connectivity index (χ4n) is 2.78. The van der Waals surface area contributed by atoms with Crippen LogP contribution in [0.1, 0.15) is 64.5 Å². The summed E-state index contributed by atoms with van der Waals surface area (Å²) >= 11 is 0. The maximum absolute atomic E-state index is 10.9. The molecule has 0 aliphatic heterocycles. The van der Waals surface area contributed by atoms with E-state index in [1.807, 2.05) is 32.0 Å². The van der Waals surface area contributed by atoms with E-state index in [-0.39, 0.29) is 12.5 Å². The highest BCUT2D eigenvalue weighted by Crippen LogP contribution is 2.24. The van der Waals surface area contributed by atoms with Gasteiger partial charge in [0.25, 0.3) is 0 Å². The van der Waals surface area contributed by atoms with Crippen LogP contribution in [0, 0.1) is 0 Å². The van der Waals surface area contributed by atoms with E-state index in [4.69, 9.17) is 4.74 Å². The van der Waals surface area contributed by atoms with Crippen molar-refractivity contribution in [3.63, 3.8) is 0 Å². The first kappa shape index (κ1) is 20.5. The van der Waals surface area contributed by atoms with Crippen LogP contribution < -0.4 is 10.1 Å². The molecule has 0 fully saturated rings. The Bertz CT molecular complexity index is 498. The number of ether oxygens (including phenoxy) is 1. The first-order valence-electron chi connectivity index (χ1n) is 8.78. The number of carbonyl (C=O) groups is 1. The van der Waals surface area contributed by atoms with Gasteiger partial charge in [-0.25, -0.2) is 0 Å². The van der Waals surface area contributed by atoms with Gasteiger partial charge in [-0.05, 0) is 37.0 Å². The molecule has 0 radical (unpaired) electrons. The summed E-state index contributed by atoms with van der Waals surface area (Å²) in [6.07, 6.45) is 3.01. The number of carbonyl (C=O) groups excluding carboxylic acids is 1. The third-order valence-electron chi connectivity index (χ3n) is 3.97. The number of rotatable bonds is 11. The molecule has 136 valence electrons. The van der Waals surface area contributed by atoms with E-state index in [0.717, 1.165) is 18.4 Å². The van der Waals surface area contributed by atoms with Crippen LogP contribution in [0.2, 0.25) is 0 Å². The molecule has 0 heterocycles. The summed E-state index contributed by atoms with van der Waals surface area (Å²) in [5.41, 5.74) is -0.0591. The Morgan fingerprint density at radius 2 is 1.96 bits per heavy atom. The molecule has 24 heavy (non-hydrogen) atoms. The third-order valence-corrected chi connectivity index (χ3v) is 3.97. The number of aliphatic hydroxyl groups excluding tert-OH is 1. The highest BCUT2D eigenvalue weighted by molar-refractivity contribution is 5.72. The molecular formula is C19H31NO4. The molecule has 1 aromatic rings. The molecule has 0 aliphatic carbocycles. The molecule has 3 N–H and O–H groups in total. The maximum atomic E-state index is 10.9. The van der Waals surface area contributed by atoms with Crippen LogP contribution in [-0.4, -0.2) is 34.9 Å². The van der Waals surface area contributed by atoms with Gasteiger partial charge >= 0.3 is 0 Å². The SMILES string of the molecule is CCCC(O)(CCC)COc1cccc(C(O)CCNC(C)=O)c1. The van der Waals surface area contributed by atoms with Crippen molar-refractivity contribution < 1.29 is 19.7 Å². The zero-order chi connectivity index (χ0) is 18.0. The van der Waals surface area contributed by atoms with Crippen molar-refractivity contribution in [2.75, 3.05) is 13.2 Å². The fourth-order valence-corrected chi connectivity index (χ4v) is 2.78. The van der Waals surface area contributed by atoms with Gasteiger partial charge in [0.1, 0.15) is 12.4 Å². The number of amides is 1. The first-order chi connectivity index (χ1) is 11.4. The van der Waals surface area contributed by atoms with E-state index >= 15 is 0 Å². The number of nitrogens with one attached hydrogen (secondary N) is 1. The molecule has 1 amide bonds. The van der Waals surface area contributed by atoms with Crippen molar-refractivity contribution in [1.29, 1.82) is 0 Å². The van der Waals surface area contributed by atoms with Gasteiger partial charge < -0.3 is 20.3 Å². The third kappa shape index (κ3) is 7.32. The average molecular weight is 337 g/mol. The lowest BCUT2D eigenvalue weighted by molar-refractivity contribution is -0.119. The molecule has 5 heteroatoms. The smallest absolute Gasteiger partial charge is 0.216 e. The van der Waals surface area contributed by atoms with Gasteiger partial charge in [-0.3, -0.25) is 4.79 Å². The van der Waals surface area contributed by atoms with Gasteiger partial charge in [0.05, 0.1) is 11.7 Å². The van der Waals surface area contributed by atoms with E-state index in [0.29, 0.717) is 31.6 Å². The second-order valence-electron chi connectivity index (χ2n) is 6.37. The van der Waals surface area contributed by atoms with Gasteiger partial charge in [0.2, 0.25) is 5.91 Å². The quantitative estimate of drug-likeness (QED) is 0.580. The highest BCUT2D eigenvalue weighted by Gasteiger charge is 2.25. The van der Waals surface area contributed by atoms with E-state index in [1.54, 1.807) is 6.07 Å². The number of benzene rings is 1. The molecule has 0 spiro atoms. The zero-order valence-electron chi connectivity index (χ0n) is 15.0. The minimum absolute atomic E-state index is 0.106. The van der Waals surface area contributed by atoms with E-state index in [2.05, 4.69) is 5.32 Å². The Morgan fingerprint density at radius 3 is 2.54 bits per heavy atom. The van der Waals surface area contributed by atoms with Crippen LogP contribution in [0.3, 0.4) is 0 Å². The van der Waals surface area contributed by atoms with Crippen molar-refractivity contribution in [1.82, 2.24) is 5.32 Å². The first-order valence-corrected chi connectivity index (χ1v) is 8.78. The van der Waals surface area contributed by atoms with Crippen LogP contribution >= 0.6 is 0 Å². The fraction of sp³-hybridized carbons (Fsp3) is 0.632. The molecule has 0 saturated heterocycles. The topological polar surface area (TPSA) is 78.8 Å². The molecule has 0 saturated carbocycles. The lowest BCUT2D eigenvalue weighted by atomic mass is 9.94. The standard InChI is InChI=1S/C19H31NO4/c1-4-10-19(23,11-5-2)14-24-17-8-6-7-16(13-17)18(22)9-12-20-15(3)21/h6-8,13,18,22-23H,4-5,9-12,14H2,1-3H3,(H,20,21). The molecule has 1 rings (SSSR count). The summed E-state index contributed by atoms with van der Waals surface area (Å²) in [6, 6.07) is 7.26. The van der Waals surface area contributed by atoms with Gasteiger partial charge in [-0.15, -0.1) is 0 Å². The van der Waals surface area contributed by atoms with Crippen LogP contribution in [-0.2, 0) is 4.79 Å². The van der Waals surface area contributed by atoms with Crippen LogP contribution in [0.5, 0.6) is 5.75 Å². The number of hydrogen-bond donors (Lipinski definition) is 3. The van der Waals surface area contributed by atoms with Crippen molar-refractivity contribution in [3.05, 3.63) is 29.8 Å². The Hall–Kier alpha value is -1.59. The highest BCUT2D eigenvalue weighted by atomic mass is 16.5. The second kappa shape index (κ2) is 10.3. The van der Waals surface area contributed by atoms with Gasteiger partial charge in [0, 0.05) is 13.5 Å². The number of aliphatic hydroxyl groups is 2. The normalized spacial score (nSPS) is 12.7. The minimum Gasteiger partial charge on any atom is -0.491 e. The Balaban J connectivity index is 2.62. The van der Waals surface area contributed by atoms with E-state index in [9.17, 15) is 15.0 Å². The van der Waals surface area contributed by atoms with Crippen LogP contribution in [0.15, 0.2) is 24.3 Å². The molecule has 1 aromatic carbocycles. The second-order valence-corrected chi connectivity index (χ2v) is 6.37. The van der Waals surface area contributed by atoms with Crippen molar-refractivity contribution in [3.8, 4) is 5.75 Å². The zero-order valence-corrected chi connectivity index (χ0v) is 15.0. The van der Waals surface area contributed by atoms with E-state index in [1.165, 1.54) is 6.92 Å². The number of hydrogen-bond acceptors (Lipinski definition) is 4. The lowest BCUT2D eigenvalue weighted by Crippen LogP contribution is -2.35.